The molecule has 1 saturated heterocycles. The van der Waals surface area contributed by atoms with Crippen LogP contribution in [0.2, 0.25) is 0 Å². The highest BCUT2D eigenvalue weighted by Gasteiger charge is 2.15. The summed E-state index contributed by atoms with van der Waals surface area (Å²) < 4.78 is 11.2. The molecule has 1 aromatic carbocycles. The van der Waals surface area contributed by atoms with Crippen molar-refractivity contribution in [1.29, 1.82) is 0 Å². The second kappa shape index (κ2) is 4.47. The van der Waals surface area contributed by atoms with E-state index in [2.05, 4.69) is 6.07 Å². The summed E-state index contributed by atoms with van der Waals surface area (Å²) in [5, 5.41) is 0. The summed E-state index contributed by atoms with van der Waals surface area (Å²) in [5.74, 6) is 0.819. The molecule has 0 aromatic heterocycles. The van der Waals surface area contributed by atoms with Gasteiger partial charge in [-0.3, -0.25) is 0 Å². The highest BCUT2D eigenvalue weighted by molar-refractivity contribution is 5.30. The minimum absolute atomic E-state index is 0.0684. The first-order valence-corrected chi connectivity index (χ1v) is 5.12. The fourth-order valence-electron chi connectivity index (χ4n) is 1.57. The number of hydrogen-bond acceptors (Lipinski definition) is 2. The molecule has 1 radical (unpaired) electrons. The second-order valence-corrected chi connectivity index (χ2v) is 3.60. The Morgan fingerprint density at radius 1 is 1.50 bits per heavy atom. The average molecular weight is 191 g/mol. The van der Waals surface area contributed by atoms with E-state index >= 15 is 0 Å². The molecule has 75 valence electrons. The fourth-order valence-corrected chi connectivity index (χ4v) is 1.57. The lowest BCUT2D eigenvalue weighted by atomic mass is 10.2. The lowest BCUT2D eigenvalue weighted by Gasteiger charge is -2.23. The number of hydrogen-bond donors (Lipinski definition) is 0. The van der Waals surface area contributed by atoms with E-state index in [1.807, 2.05) is 25.1 Å². The van der Waals surface area contributed by atoms with E-state index in [9.17, 15) is 0 Å². The summed E-state index contributed by atoms with van der Waals surface area (Å²) in [6.45, 7) is 2.84. The Labute approximate surface area is 84.8 Å². The van der Waals surface area contributed by atoms with Crippen molar-refractivity contribution in [3.8, 4) is 5.75 Å². The highest BCUT2D eigenvalue weighted by atomic mass is 16.7. The molecule has 2 heteroatoms. The second-order valence-electron chi connectivity index (χ2n) is 3.60. The Hall–Kier alpha value is -1.02. The molecule has 0 bridgehead atoms. The largest absolute Gasteiger partial charge is 0.464 e. The van der Waals surface area contributed by atoms with E-state index in [1.54, 1.807) is 0 Å². The molecule has 0 aliphatic carbocycles. The van der Waals surface area contributed by atoms with Crippen LogP contribution in [0.4, 0.5) is 0 Å². The first kappa shape index (κ1) is 9.53. The summed E-state index contributed by atoms with van der Waals surface area (Å²) >= 11 is 0. The third-order valence-corrected chi connectivity index (χ3v) is 2.40. The van der Waals surface area contributed by atoms with Crippen molar-refractivity contribution in [3.63, 3.8) is 0 Å². The fraction of sp³-hybridized carbons (Fsp3) is 0.500. The van der Waals surface area contributed by atoms with E-state index in [1.165, 1.54) is 6.42 Å². The zero-order valence-electron chi connectivity index (χ0n) is 8.45. The molecule has 2 rings (SSSR count). The Morgan fingerprint density at radius 3 is 3.14 bits per heavy atom. The highest BCUT2D eigenvalue weighted by Crippen LogP contribution is 2.21. The monoisotopic (exact) mass is 191 g/mol. The van der Waals surface area contributed by atoms with Crippen LogP contribution in [-0.4, -0.2) is 12.9 Å². The predicted molar refractivity (Wildman–Crippen MR) is 54.2 cm³/mol. The standard InChI is InChI=1S/C12H15O2/c1-10-6-2-3-7-11(10)14-12-8-4-5-9-13-12/h2-3,6,12H,4-5,8-9H2,1H3. The van der Waals surface area contributed by atoms with E-state index in [0.29, 0.717) is 0 Å². The van der Waals surface area contributed by atoms with Crippen LogP contribution >= 0.6 is 0 Å². The van der Waals surface area contributed by atoms with Gasteiger partial charge in [0, 0.05) is 12.5 Å². The van der Waals surface area contributed by atoms with Gasteiger partial charge in [-0.2, -0.15) is 0 Å². The molecule has 0 saturated carbocycles. The van der Waals surface area contributed by atoms with Gasteiger partial charge in [-0.1, -0.05) is 18.2 Å². The van der Waals surface area contributed by atoms with Crippen LogP contribution in [0.25, 0.3) is 0 Å². The maximum atomic E-state index is 5.71. The number of rotatable bonds is 2. The number of para-hydroxylation sites is 1. The molecule has 2 nitrogen and oxygen atoms in total. The molecule has 0 amide bonds. The van der Waals surface area contributed by atoms with Crippen LogP contribution in [-0.2, 0) is 4.74 Å². The molecular weight excluding hydrogens is 176 g/mol. The molecule has 0 spiro atoms. The van der Waals surface area contributed by atoms with E-state index in [4.69, 9.17) is 9.47 Å². The van der Waals surface area contributed by atoms with Crippen LogP contribution in [0.5, 0.6) is 5.75 Å². The van der Waals surface area contributed by atoms with E-state index < -0.39 is 0 Å². The van der Waals surface area contributed by atoms with Crippen molar-refractivity contribution in [1.82, 2.24) is 0 Å². The van der Waals surface area contributed by atoms with Gasteiger partial charge in [-0.25, -0.2) is 0 Å². The van der Waals surface area contributed by atoms with Gasteiger partial charge < -0.3 is 9.47 Å². The van der Waals surface area contributed by atoms with E-state index in [0.717, 1.165) is 30.8 Å². The molecular formula is C12H15O2. The van der Waals surface area contributed by atoms with Gasteiger partial charge in [0.2, 0.25) is 0 Å². The molecule has 1 aliphatic heterocycles. The van der Waals surface area contributed by atoms with Crippen molar-refractivity contribution in [2.75, 3.05) is 6.61 Å². The zero-order valence-corrected chi connectivity index (χ0v) is 8.45. The topological polar surface area (TPSA) is 18.5 Å². The normalized spacial score (nSPS) is 21.9. The third-order valence-electron chi connectivity index (χ3n) is 2.40. The van der Waals surface area contributed by atoms with Crippen LogP contribution in [0, 0.1) is 13.0 Å². The van der Waals surface area contributed by atoms with Gasteiger partial charge in [0.15, 0.2) is 6.29 Å². The number of aryl methyl sites for hydroxylation is 1. The minimum atomic E-state index is -0.0684. The molecule has 1 aromatic rings. The summed E-state index contributed by atoms with van der Waals surface area (Å²) in [7, 11) is 0. The molecule has 14 heavy (non-hydrogen) atoms. The molecule has 1 atom stereocenters. The maximum absolute atomic E-state index is 5.71. The van der Waals surface area contributed by atoms with Crippen molar-refractivity contribution in [3.05, 3.63) is 29.8 Å². The van der Waals surface area contributed by atoms with Crippen LogP contribution in [0.15, 0.2) is 18.2 Å². The van der Waals surface area contributed by atoms with Crippen LogP contribution in [0.1, 0.15) is 24.8 Å². The Balaban J connectivity index is 1.99. The number of benzene rings is 1. The Morgan fingerprint density at radius 2 is 2.43 bits per heavy atom. The summed E-state index contributed by atoms with van der Waals surface area (Å²) in [4.78, 5) is 0. The lowest BCUT2D eigenvalue weighted by Crippen LogP contribution is -2.25. The van der Waals surface area contributed by atoms with Gasteiger partial charge in [-0.05, 0) is 25.3 Å². The Kier molecular flexibility index (Phi) is 3.04. The smallest absolute Gasteiger partial charge is 0.199 e. The molecule has 0 N–H and O–H groups in total. The van der Waals surface area contributed by atoms with Crippen molar-refractivity contribution in [2.24, 2.45) is 0 Å². The maximum Gasteiger partial charge on any atom is 0.199 e. The number of ether oxygens (including phenoxy) is 2. The first-order valence-electron chi connectivity index (χ1n) is 5.12. The average Bonchev–Trinajstić information content (AvgIpc) is 2.23. The Bertz CT molecular complexity index is 290. The van der Waals surface area contributed by atoms with Crippen molar-refractivity contribution < 1.29 is 9.47 Å². The summed E-state index contributed by atoms with van der Waals surface area (Å²) in [6, 6.07) is 8.93. The first-order chi connectivity index (χ1) is 6.86. The molecule has 1 aliphatic rings. The molecule has 1 unspecified atom stereocenters. The predicted octanol–water partition coefficient (Wildman–Crippen LogP) is 2.70. The quantitative estimate of drug-likeness (QED) is 0.715. The van der Waals surface area contributed by atoms with Crippen LogP contribution < -0.4 is 4.74 Å². The summed E-state index contributed by atoms with van der Waals surface area (Å²) in [5.41, 5.74) is 1.11. The molecule has 1 fully saturated rings. The van der Waals surface area contributed by atoms with Crippen molar-refractivity contribution >= 4 is 0 Å². The molecule has 1 heterocycles. The summed E-state index contributed by atoms with van der Waals surface area (Å²) in [6.07, 6.45) is 3.26. The van der Waals surface area contributed by atoms with Gasteiger partial charge in [0.05, 0.1) is 6.61 Å². The SMILES string of the molecule is Cc1ccc[c]c1OC1CCCCO1. The van der Waals surface area contributed by atoms with Gasteiger partial charge in [0.1, 0.15) is 5.75 Å². The van der Waals surface area contributed by atoms with Crippen LogP contribution in [0.3, 0.4) is 0 Å². The zero-order chi connectivity index (χ0) is 9.80. The van der Waals surface area contributed by atoms with Gasteiger partial charge in [0.25, 0.3) is 0 Å². The minimum Gasteiger partial charge on any atom is -0.464 e. The van der Waals surface area contributed by atoms with Gasteiger partial charge in [-0.15, -0.1) is 0 Å². The lowest BCUT2D eigenvalue weighted by molar-refractivity contribution is -0.106. The van der Waals surface area contributed by atoms with Gasteiger partial charge >= 0.3 is 0 Å². The van der Waals surface area contributed by atoms with E-state index in [-0.39, 0.29) is 6.29 Å². The van der Waals surface area contributed by atoms with Crippen molar-refractivity contribution in [2.45, 2.75) is 32.5 Å². The third kappa shape index (κ3) is 2.26.